The van der Waals surface area contributed by atoms with E-state index >= 15 is 0 Å². The van der Waals surface area contributed by atoms with Crippen LogP contribution in [0, 0.1) is 0 Å². The zero-order valence-corrected chi connectivity index (χ0v) is 15.4. The molecule has 1 heterocycles. The Morgan fingerprint density at radius 2 is 2.00 bits per heavy atom. The second-order valence-electron chi connectivity index (χ2n) is 5.70. The molecule has 2 rings (SSSR count). The molecule has 0 bridgehead atoms. The SMILES string of the molecule is CCCCn1c(S[C@H](C)C(=O)c2ccc(NC(C)=O)cc2)n[nH]c1=O. The fraction of sp³-hybridized carbons (Fsp3) is 0.412. The lowest BCUT2D eigenvalue weighted by molar-refractivity contribution is -0.114. The summed E-state index contributed by atoms with van der Waals surface area (Å²) >= 11 is 1.26. The van der Waals surface area contributed by atoms with Crippen LogP contribution in [0.2, 0.25) is 0 Å². The number of ketones is 1. The van der Waals surface area contributed by atoms with Gasteiger partial charge in [0, 0.05) is 24.7 Å². The maximum Gasteiger partial charge on any atom is 0.343 e. The first-order chi connectivity index (χ1) is 11.9. The molecule has 1 aromatic carbocycles. The van der Waals surface area contributed by atoms with Gasteiger partial charge in [0.05, 0.1) is 5.25 Å². The van der Waals surface area contributed by atoms with Crippen LogP contribution in [0.4, 0.5) is 5.69 Å². The summed E-state index contributed by atoms with van der Waals surface area (Å²) in [6.45, 7) is 5.85. The zero-order chi connectivity index (χ0) is 18.4. The number of benzene rings is 1. The number of hydrogen-bond acceptors (Lipinski definition) is 5. The monoisotopic (exact) mass is 362 g/mol. The summed E-state index contributed by atoms with van der Waals surface area (Å²) in [4.78, 5) is 35.4. The molecule has 134 valence electrons. The van der Waals surface area contributed by atoms with Crippen LogP contribution in [0.25, 0.3) is 0 Å². The molecule has 0 unspecified atom stereocenters. The summed E-state index contributed by atoms with van der Waals surface area (Å²) in [5.41, 5.74) is 0.937. The maximum absolute atomic E-state index is 12.6. The molecule has 0 aliphatic rings. The molecule has 0 saturated carbocycles. The highest BCUT2D eigenvalue weighted by Gasteiger charge is 2.20. The molecule has 0 aliphatic heterocycles. The van der Waals surface area contributed by atoms with Crippen LogP contribution in [-0.4, -0.2) is 31.7 Å². The van der Waals surface area contributed by atoms with Gasteiger partial charge in [0.1, 0.15) is 0 Å². The number of carbonyl (C=O) groups is 2. The van der Waals surface area contributed by atoms with Gasteiger partial charge in [0.2, 0.25) is 5.91 Å². The third kappa shape index (κ3) is 5.06. The lowest BCUT2D eigenvalue weighted by Crippen LogP contribution is -2.19. The largest absolute Gasteiger partial charge is 0.343 e. The molecule has 25 heavy (non-hydrogen) atoms. The average Bonchev–Trinajstić information content (AvgIpc) is 2.92. The van der Waals surface area contributed by atoms with Crippen LogP contribution in [0.15, 0.2) is 34.2 Å². The van der Waals surface area contributed by atoms with Gasteiger partial charge in [0.25, 0.3) is 0 Å². The van der Waals surface area contributed by atoms with Crippen molar-refractivity contribution in [2.75, 3.05) is 5.32 Å². The topological polar surface area (TPSA) is 96.8 Å². The molecule has 1 amide bonds. The highest BCUT2D eigenvalue weighted by atomic mass is 32.2. The number of aromatic nitrogens is 3. The smallest absolute Gasteiger partial charge is 0.326 e. The Morgan fingerprint density at radius 3 is 2.60 bits per heavy atom. The van der Waals surface area contributed by atoms with Crippen LogP contribution < -0.4 is 11.0 Å². The normalized spacial score (nSPS) is 12.0. The van der Waals surface area contributed by atoms with Crippen molar-refractivity contribution in [2.24, 2.45) is 0 Å². The number of unbranched alkanes of at least 4 members (excludes halogenated alkanes) is 1. The average molecular weight is 362 g/mol. The Kier molecular flexibility index (Phi) is 6.58. The number of amides is 1. The number of nitrogens with zero attached hydrogens (tertiary/aromatic N) is 2. The summed E-state index contributed by atoms with van der Waals surface area (Å²) in [6, 6.07) is 6.74. The number of nitrogens with one attached hydrogen (secondary N) is 2. The molecular formula is C17H22N4O3S. The van der Waals surface area contributed by atoms with E-state index in [0.29, 0.717) is 23.0 Å². The van der Waals surface area contributed by atoms with Crippen molar-refractivity contribution in [1.82, 2.24) is 14.8 Å². The van der Waals surface area contributed by atoms with Crippen LogP contribution in [0.3, 0.4) is 0 Å². The van der Waals surface area contributed by atoms with Crippen LogP contribution in [0.1, 0.15) is 44.0 Å². The van der Waals surface area contributed by atoms with Crippen LogP contribution >= 0.6 is 11.8 Å². The Balaban J connectivity index is 2.08. The van der Waals surface area contributed by atoms with E-state index < -0.39 is 0 Å². The van der Waals surface area contributed by atoms with Crippen molar-refractivity contribution in [3.63, 3.8) is 0 Å². The van der Waals surface area contributed by atoms with Gasteiger partial charge in [-0.15, -0.1) is 5.10 Å². The number of carbonyl (C=O) groups excluding carboxylic acids is 2. The standard InChI is InChI=1S/C17H22N4O3S/c1-4-5-10-21-16(24)19-20-17(21)25-11(2)15(23)13-6-8-14(9-7-13)18-12(3)22/h6-9,11H,4-5,10H2,1-3H3,(H,18,22)(H,19,24)/t11-/m1/s1. The van der Waals surface area contributed by atoms with Crippen LogP contribution in [0.5, 0.6) is 0 Å². The van der Waals surface area contributed by atoms with Gasteiger partial charge < -0.3 is 5.32 Å². The fourth-order valence-corrected chi connectivity index (χ4v) is 3.23. The molecule has 0 saturated heterocycles. The number of H-pyrrole nitrogens is 1. The van der Waals surface area contributed by atoms with Crippen LogP contribution in [-0.2, 0) is 11.3 Å². The van der Waals surface area contributed by atoms with Crippen molar-refractivity contribution in [3.05, 3.63) is 40.3 Å². The Labute approximate surface area is 150 Å². The van der Waals surface area contributed by atoms with Gasteiger partial charge in [-0.25, -0.2) is 9.89 Å². The summed E-state index contributed by atoms with van der Waals surface area (Å²) in [7, 11) is 0. The zero-order valence-electron chi connectivity index (χ0n) is 14.5. The van der Waals surface area contributed by atoms with Gasteiger partial charge in [-0.3, -0.25) is 14.2 Å². The highest BCUT2D eigenvalue weighted by Crippen LogP contribution is 2.24. The Morgan fingerprint density at radius 1 is 1.32 bits per heavy atom. The third-order valence-corrected chi connectivity index (χ3v) is 4.69. The van der Waals surface area contributed by atoms with Crippen molar-refractivity contribution < 1.29 is 9.59 Å². The minimum Gasteiger partial charge on any atom is -0.326 e. The third-order valence-electron chi connectivity index (χ3n) is 3.60. The van der Waals surface area contributed by atoms with E-state index in [4.69, 9.17) is 0 Å². The van der Waals surface area contributed by atoms with E-state index in [1.54, 1.807) is 35.8 Å². The van der Waals surface area contributed by atoms with Gasteiger partial charge in [-0.2, -0.15) is 0 Å². The Bertz CT molecular complexity index is 795. The van der Waals surface area contributed by atoms with Gasteiger partial charge in [-0.1, -0.05) is 25.1 Å². The molecule has 1 aromatic heterocycles. The van der Waals surface area contributed by atoms with E-state index in [0.717, 1.165) is 12.8 Å². The first kappa shape index (κ1) is 19.0. The predicted octanol–water partition coefficient (Wildman–Crippen LogP) is 2.69. The van der Waals surface area contributed by atoms with Gasteiger partial charge in [-0.05, 0) is 37.6 Å². The molecule has 0 spiro atoms. The second kappa shape index (κ2) is 8.66. The molecule has 0 aliphatic carbocycles. The Hall–Kier alpha value is -2.35. The molecule has 8 heteroatoms. The quantitative estimate of drug-likeness (QED) is 0.556. The lowest BCUT2D eigenvalue weighted by atomic mass is 10.1. The minimum atomic E-state index is -0.387. The van der Waals surface area contributed by atoms with Crippen molar-refractivity contribution in [1.29, 1.82) is 0 Å². The highest BCUT2D eigenvalue weighted by molar-refractivity contribution is 8.00. The van der Waals surface area contributed by atoms with Gasteiger partial charge >= 0.3 is 5.69 Å². The number of rotatable bonds is 8. The van der Waals surface area contributed by atoms with E-state index in [2.05, 4.69) is 22.4 Å². The van der Waals surface area contributed by atoms with Crippen molar-refractivity contribution >= 4 is 29.1 Å². The van der Waals surface area contributed by atoms with Crippen molar-refractivity contribution in [2.45, 2.75) is 50.6 Å². The number of hydrogen-bond donors (Lipinski definition) is 2. The summed E-state index contributed by atoms with van der Waals surface area (Å²) in [5, 5.41) is 9.26. The van der Waals surface area contributed by atoms with E-state index in [1.807, 2.05) is 0 Å². The maximum atomic E-state index is 12.6. The molecule has 1 atom stereocenters. The molecule has 7 nitrogen and oxygen atoms in total. The van der Waals surface area contributed by atoms with E-state index in [1.165, 1.54) is 18.7 Å². The lowest BCUT2D eigenvalue weighted by Gasteiger charge is -2.11. The number of aromatic amines is 1. The van der Waals surface area contributed by atoms with E-state index in [9.17, 15) is 14.4 Å². The predicted molar refractivity (Wildman–Crippen MR) is 98.2 cm³/mol. The van der Waals surface area contributed by atoms with Gasteiger partial charge in [0.15, 0.2) is 10.9 Å². The molecular weight excluding hydrogens is 340 g/mol. The number of Topliss-reactive ketones (excluding diaryl/α,β-unsaturated/α-hetero) is 1. The minimum absolute atomic E-state index is 0.0585. The molecule has 2 N–H and O–H groups in total. The molecule has 2 aromatic rings. The summed E-state index contributed by atoms with van der Waals surface area (Å²) < 4.78 is 1.57. The molecule has 0 fully saturated rings. The first-order valence-electron chi connectivity index (χ1n) is 8.16. The number of anilines is 1. The second-order valence-corrected chi connectivity index (χ2v) is 7.01. The summed E-state index contributed by atoms with van der Waals surface area (Å²) in [5.74, 6) is -0.219. The molecule has 0 radical (unpaired) electrons. The van der Waals surface area contributed by atoms with Crippen molar-refractivity contribution in [3.8, 4) is 0 Å². The summed E-state index contributed by atoms with van der Waals surface area (Å²) in [6.07, 6.45) is 1.84. The fourth-order valence-electron chi connectivity index (χ4n) is 2.27. The first-order valence-corrected chi connectivity index (χ1v) is 9.04. The van der Waals surface area contributed by atoms with E-state index in [-0.39, 0.29) is 22.6 Å². The number of thioether (sulfide) groups is 1.